The van der Waals surface area contributed by atoms with Gasteiger partial charge in [0.05, 0.1) is 16.8 Å². The molecule has 1 aromatic rings. The summed E-state index contributed by atoms with van der Waals surface area (Å²) in [6.07, 6.45) is -4.49. The van der Waals surface area contributed by atoms with Crippen LogP contribution in [-0.2, 0) is 6.18 Å². The van der Waals surface area contributed by atoms with E-state index >= 15 is 0 Å². The van der Waals surface area contributed by atoms with Crippen LogP contribution in [0.5, 0.6) is 0 Å². The number of rotatable bonds is 1. The fourth-order valence-electron chi connectivity index (χ4n) is 1.56. The number of aliphatic imine (C=N–C) groups is 1. The fourth-order valence-corrected chi connectivity index (χ4v) is 2.61. The Balaban J connectivity index is 2.26. The van der Waals surface area contributed by atoms with E-state index in [1.165, 1.54) is 11.8 Å². The van der Waals surface area contributed by atoms with Gasteiger partial charge in [-0.1, -0.05) is 11.8 Å². The number of nitrogens with zero attached hydrogens (tertiary/aromatic N) is 1. The van der Waals surface area contributed by atoms with E-state index in [1.807, 2.05) is 13.8 Å². The number of hydrogen-bond acceptors (Lipinski definition) is 3. The molecule has 2 rings (SSSR count). The Morgan fingerprint density at radius 2 is 2.00 bits per heavy atom. The molecule has 0 saturated heterocycles. The first kappa shape index (κ1) is 14.2. The zero-order valence-corrected chi connectivity index (χ0v) is 11.1. The van der Waals surface area contributed by atoms with Crippen molar-refractivity contribution in [1.82, 2.24) is 0 Å². The average Bonchev–Trinajstić information content (AvgIpc) is 2.60. The maximum atomic E-state index is 13.5. The first-order valence-corrected chi connectivity index (χ1v) is 6.52. The van der Waals surface area contributed by atoms with Gasteiger partial charge in [-0.3, -0.25) is 4.99 Å². The quantitative estimate of drug-likeness (QED) is 0.787. The Morgan fingerprint density at radius 1 is 1.32 bits per heavy atom. The summed E-state index contributed by atoms with van der Waals surface area (Å²) in [7, 11) is 0. The summed E-state index contributed by atoms with van der Waals surface area (Å²) in [5.41, 5.74) is -1.39. The summed E-state index contributed by atoms with van der Waals surface area (Å²) in [5, 5.41) is 3.05. The Hall–Kier alpha value is -1.24. The van der Waals surface area contributed by atoms with Gasteiger partial charge in [-0.25, -0.2) is 4.39 Å². The molecular weight excluding hydrogens is 280 g/mol. The maximum absolute atomic E-state index is 13.5. The number of halogens is 4. The Morgan fingerprint density at radius 3 is 2.53 bits per heavy atom. The van der Waals surface area contributed by atoms with Crippen LogP contribution in [0.15, 0.2) is 23.2 Å². The molecule has 0 aromatic heterocycles. The summed E-state index contributed by atoms with van der Waals surface area (Å²) >= 11 is 1.36. The molecule has 0 radical (unpaired) electrons. The number of nitrogens with one attached hydrogen (secondary N) is 1. The van der Waals surface area contributed by atoms with E-state index in [0.717, 1.165) is 12.1 Å². The van der Waals surface area contributed by atoms with Crippen LogP contribution in [0.25, 0.3) is 0 Å². The van der Waals surface area contributed by atoms with E-state index in [4.69, 9.17) is 0 Å². The highest BCUT2D eigenvalue weighted by atomic mass is 32.2. The van der Waals surface area contributed by atoms with Crippen LogP contribution < -0.4 is 5.32 Å². The van der Waals surface area contributed by atoms with E-state index in [9.17, 15) is 17.6 Å². The summed E-state index contributed by atoms with van der Waals surface area (Å²) < 4.78 is 51.2. The maximum Gasteiger partial charge on any atom is 0.416 e. The van der Waals surface area contributed by atoms with Crippen molar-refractivity contribution in [3.63, 3.8) is 0 Å². The van der Waals surface area contributed by atoms with Crippen LogP contribution in [0, 0.1) is 5.82 Å². The van der Waals surface area contributed by atoms with Gasteiger partial charge in [0.25, 0.3) is 0 Å². The highest BCUT2D eigenvalue weighted by Gasteiger charge is 2.32. The third-order valence-corrected chi connectivity index (χ3v) is 3.82. The Kier molecular flexibility index (Phi) is 3.51. The van der Waals surface area contributed by atoms with Crippen molar-refractivity contribution >= 4 is 22.6 Å². The van der Waals surface area contributed by atoms with E-state index < -0.39 is 17.6 Å². The number of amidine groups is 1. The molecule has 0 saturated carbocycles. The van der Waals surface area contributed by atoms with Gasteiger partial charge in [-0.15, -0.1) is 0 Å². The molecule has 0 unspecified atom stereocenters. The highest BCUT2D eigenvalue weighted by molar-refractivity contribution is 8.14. The fraction of sp³-hybridized carbons (Fsp3) is 0.417. The summed E-state index contributed by atoms with van der Waals surface area (Å²) in [6, 6.07) is 2.27. The Bertz CT molecular complexity index is 523. The third kappa shape index (κ3) is 3.40. The minimum atomic E-state index is -4.49. The zero-order valence-electron chi connectivity index (χ0n) is 10.3. The minimum Gasteiger partial charge on any atom is -0.333 e. The van der Waals surface area contributed by atoms with E-state index in [0.29, 0.717) is 17.0 Å². The second-order valence-corrected chi connectivity index (χ2v) is 5.80. The van der Waals surface area contributed by atoms with Crippen LogP contribution in [-0.4, -0.2) is 16.5 Å². The molecule has 0 fully saturated rings. The lowest BCUT2D eigenvalue weighted by molar-refractivity contribution is -0.137. The highest BCUT2D eigenvalue weighted by Crippen LogP contribution is 2.33. The molecule has 7 heteroatoms. The van der Waals surface area contributed by atoms with Gasteiger partial charge in [0, 0.05) is 5.75 Å². The van der Waals surface area contributed by atoms with E-state index in [2.05, 4.69) is 10.3 Å². The predicted molar refractivity (Wildman–Crippen MR) is 69.0 cm³/mol. The molecule has 1 aliphatic rings. The number of benzene rings is 1. The monoisotopic (exact) mass is 292 g/mol. The van der Waals surface area contributed by atoms with Gasteiger partial charge in [0.15, 0.2) is 5.17 Å². The van der Waals surface area contributed by atoms with Crippen LogP contribution >= 0.6 is 11.8 Å². The lowest BCUT2D eigenvalue weighted by atomic mass is 10.1. The van der Waals surface area contributed by atoms with Crippen molar-refractivity contribution in [2.75, 3.05) is 11.1 Å². The van der Waals surface area contributed by atoms with Crippen molar-refractivity contribution in [2.24, 2.45) is 4.99 Å². The summed E-state index contributed by atoms with van der Waals surface area (Å²) in [4.78, 5) is 4.27. The molecule has 0 aliphatic carbocycles. The molecule has 0 amide bonds. The van der Waals surface area contributed by atoms with E-state index in [1.54, 1.807) is 0 Å². The molecule has 1 aliphatic heterocycles. The summed E-state index contributed by atoms with van der Waals surface area (Å²) in [6.45, 7) is 3.80. The molecule has 0 atom stereocenters. The number of thioether (sulfide) groups is 1. The molecule has 1 heterocycles. The van der Waals surface area contributed by atoms with Crippen molar-refractivity contribution in [3.8, 4) is 0 Å². The van der Waals surface area contributed by atoms with Crippen molar-refractivity contribution in [3.05, 3.63) is 29.6 Å². The predicted octanol–water partition coefficient (Wildman–Crippen LogP) is 4.14. The van der Waals surface area contributed by atoms with E-state index in [-0.39, 0.29) is 11.2 Å². The molecule has 19 heavy (non-hydrogen) atoms. The first-order valence-electron chi connectivity index (χ1n) is 5.54. The van der Waals surface area contributed by atoms with Gasteiger partial charge >= 0.3 is 6.18 Å². The largest absolute Gasteiger partial charge is 0.416 e. The van der Waals surface area contributed by atoms with Crippen molar-refractivity contribution < 1.29 is 17.6 Å². The van der Waals surface area contributed by atoms with Crippen LogP contribution in [0.3, 0.4) is 0 Å². The number of alkyl halides is 3. The van der Waals surface area contributed by atoms with Gasteiger partial charge in [-0.2, -0.15) is 13.2 Å². The number of hydrogen-bond donors (Lipinski definition) is 1. The smallest absolute Gasteiger partial charge is 0.333 e. The van der Waals surface area contributed by atoms with Gasteiger partial charge in [-0.05, 0) is 32.0 Å². The van der Waals surface area contributed by atoms with Crippen LogP contribution in [0.4, 0.5) is 23.2 Å². The third-order valence-electron chi connectivity index (χ3n) is 2.50. The first-order chi connectivity index (χ1) is 8.67. The molecule has 0 bridgehead atoms. The second kappa shape index (κ2) is 4.70. The summed E-state index contributed by atoms with van der Waals surface area (Å²) in [5.74, 6) is -0.0309. The molecular formula is C12H12F4N2S. The lowest BCUT2D eigenvalue weighted by Crippen LogP contribution is -2.15. The molecule has 1 aromatic carbocycles. The van der Waals surface area contributed by atoms with Crippen molar-refractivity contribution in [2.45, 2.75) is 25.6 Å². The lowest BCUT2D eigenvalue weighted by Gasteiger charge is -2.11. The topological polar surface area (TPSA) is 24.4 Å². The van der Waals surface area contributed by atoms with Gasteiger partial charge in [0.1, 0.15) is 5.82 Å². The zero-order chi connectivity index (χ0) is 14.3. The average molecular weight is 292 g/mol. The Labute approximate surface area is 112 Å². The molecule has 2 nitrogen and oxygen atoms in total. The molecule has 1 N–H and O–H groups in total. The molecule has 104 valence electrons. The number of anilines is 1. The molecule has 0 spiro atoms. The second-order valence-electron chi connectivity index (χ2n) is 4.84. The van der Waals surface area contributed by atoms with Crippen LogP contribution in [0.2, 0.25) is 0 Å². The standard InChI is InChI=1S/C12H12F4N2S/c1-11(2)6-19-10(18-11)17-9-5-7(12(14,15)16)3-4-8(9)13/h3-5H,6H2,1-2H3,(H,17,18). The SMILES string of the molecule is CC1(C)CSC(Nc2cc(C(F)(F)F)ccc2F)=N1. The van der Waals surface area contributed by atoms with Gasteiger partial charge in [0.2, 0.25) is 0 Å². The normalized spacial score (nSPS) is 18.3. The van der Waals surface area contributed by atoms with Crippen molar-refractivity contribution in [1.29, 1.82) is 0 Å². The van der Waals surface area contributed by atoms with Crippen LogP contribution in [0.1, 0.15) is 19.4 Å². The minimum absolute atomic E-state index is 0.209. The van der Waals surface area contributed by atoms with Gasteiger partial charge < -0.3 is 5.32 Å².